The molecule has 1 aromatic heterocycles. The summed E-state index contributed by atoms with van der Waals surface area (Å²) < 4.78 is 5.84. The molecule has 1 heterocycles. The lowest BCUT2D eigenvalue weighted by Gasteiger charge is -2.14. The number of hydrogen-bond acceptors (Lipinski definition) is 3. The highest BCUT2D eigenvalue weighted by molar-refractivity contribution is 5.85. The summed E-state index contributed by atoms with van der Waals surface area (Å²) in [6, 6.07) is 9.11. The summed E-state index contributed by atoms with van der Waals surface area (Å²) in [5.74, 6) is 0.489. The lowest BCUT2D eigenvalue weighted by atomic mass is 10.0. The molecule has 20 heavy (non-hydrogen) atoms. The molecule has 1 N–H and O–H groups in total. The van der Waals surface area contributed by atoms with Crippen LogP contribution in [0.3, 0.4) is 0 Å². The Kier molecular flexibility index (Phi) is 4.03. The zero-order chi connectivity index (χ0) is 14.7. The molecule has 1 aromatic carbocycles. The third-order valence-corrected chi connectivity index (χ3v) is 2.97. The number of aryl methyl sites for hydroxylation is 1. The summed E-state index contributed by atoms with van der Waals surface area (Å²) in [6.07, 6.45) is 1.43. The van der Waals surface area contributed by atoms with Crippen LogP contribution >= 0.6 is 0 Å². The molecule has 104 valence electrons. The largest absolute Gasteiger partial charge is 0.477 e. The van der Waals surface area contributed by atoms with Crippen molar-refractivity contribution in [2.24, 2.45) is 0 Å². The van der Waals surface area contributed by atoms with Crippen molar-refractivity contribution in [3.05, 3.63) is 53.3 Å². The first-order valence-electron chi connectivity index (χ1n) is 6.45. The van der Waals surface area contributed by atoms with Gasteiger partial charge in [-0.15, -0.1) is 0 Å². The molecule has 0 spiro atoms. The van der Waals surface area contributed by atoms with Gasteiger partial charge in [0.15, 0.2) is 5.69 Å². The van der Waals surface area contributed by atoms with E-state index in [1.165, 1.54) is 12.3 Å². The van der Waals surface area contributed by atoms with Crippen molar-refractivity contribution in [2.75, 3.05) is 0 Å². The number of carboxylic acid groups (broad SMARTS) is 1. The molecule has 0 aliphatic carbocycles. The molecule has 0 fully saturated rings. The number of benzene rings is 1. The molecule has 0 bridgehead atoms. The van der Waals surface area contributed by atoms with E-state index >= 15 is 0 Å². The van der Waals surface area contributed by atoms with Gasteiger partial charge in [0.1, 0.15) is 11.5 Å². The van der Waals surface area contributed by atoms with Gasteiger partial charge in [-0.1, -0.05) is 26.0 Å². The predicted molar refractivity (Wildman–Crippen MR) is 76.5 cm³/mol. The third-order valence-electron chi connectivity index (χ3n) is 2.97. The molecule has 0 aliphatic rings. The van der Waals surface area contributed by atoms with E-state index in [1.54, 1.807) is 6.07 Å². The predicted octanol–water partition coefficient (Wildman–Crippen LogP) is 4.00. The Morgan fingerprint density at radius 1 is 1.25 bits per heavy atom. The minimum Gasteiger partial charge on any atom is -0.477 e. The lowest BCUT2D eigenvalue weighted by molar-refractivity contribution is 0.0690. The maximum atomic E-state index is 10.9. The van der Waals surface area contributed by atoms with Gasteiger partial charge in [0, 0.05) is 12.3 Å². The molecular formula is C16H17NO3. The van der Waals surface area contributed by atoms with Gasteiger partial charge in [-0.2, -0.15) is 0 Å². The van der Waals surface area contributed by atoms with Crippen LogP contribution in [0.1, 0.15) is 41.4 Å². The van der Waals surface area contributed by atoms with Crippen LogP contribution in [-0.2, 0) is 0 Å². The Bertz CT molecular complexity index is 635. The number of pyridine rings is 1. The maximum Gasteiger partial charge on any atom is 0.354 e. The van der Waals surface area contributed by atoms with E-state index in [9.17, 15) is 4.79 Å². The Labute approximate surface area is 118 Å². The van der Waals surface area contributed by atoms with Crippen molar-refractivity contribution in [2.45, 2.75) is 26.7 Å². The van der Waals surface area contributed by atoms with E-state index < -0.39 is 5.97 Å². The molecule has 0 saturated heterocycles. The van der Waals surface area contributed by atoms with Gasteiger partial charge < -0.3 is 9.84 Å². The molecule has 0 radical (unpaired) electrons. The van der Waals surface area contributed by atoms with Crippen LogP contribution in [0.5, 0.6) is 11.5 Å². The summed E-state index contributed by atoms with van der Waals surface area (Å²) in [5.41, 5.74) is 2.16. The van der Waals surface area contributed by atoms with Crippen LogP contribution in [0.2, 0.25) is 0 Å². The van der Waals surface area contributed by atoms with Crippen molar-refractivity contribution in [3.8, 4) is 11.5 Å². The SMILES string of the molecule is Cc1ccc(C(C)C)c(Oc2ccnc(C(=O)O)c2)c1. The highest BCUT2D eigenvalue weighted by atomic mass is 16.5. The fourth-order valence-electron chi connectivity index (χ4n) is 1.93. The van der Waals surface area contributed by atoms with Gasteiger partial charge in [-0.25, -0.2) is 9.78 Å². The number of carbonyl (C=O) groups is 1. The van der Waals surface area contributed by atoms with Crippen LogP contribution in [0.25, 0.3) is 0 Å². The van der Waals surface area contributed by atoms with Crippen LogP contribution < -0.4 is 4.74 Å². The van der Waals surface area contributed by atoms with Gasteiger partial charge in [0.2, 0.25) is 0 Å². The molecule has 0 aliphatic heterocycles. The average Bonchev–Trinajstić information content (AvgIpc) is 2.38. The van der Waals surface area contributed by atoms with Gasteiger partial charge in [0.05, 0.1) is 0 Å². The molecule has 4 heteroatoms. The van der Waals surface area contributed by atoms with Crippen molar-refractivity contribution >= 4 is 5.97 Å². The second kappa shape index (κ2) is 5.74. The van der Waals surface area contributed by atoms with Gasteiger partial charge >= 0.3 is 5.97 Å². The molecule has 0 amide bonds. The summed E-state index contributed by atoms with van der Waals surface area (Å²) in [7, 11) is 0. The standard InChI is InChI=1S/C16H17NO3/c1-10(2)13-5-4-11(3)8-15(13)20-12-6-7-17-14(9-12)16(18)19/h4-10H,1-3H3,(H,18,19). The first kappa shape index (κ1) is 14.1. The van der Waals surface area contributed by atoms with Crippen molar-refractivity contribution in [1.29, 1.82) is 0 Å². The van der Waals surface area contributed by atoms with Crippen molar-refractivity contribution < 1.29 is 14.6 Å². The Morgan fingerprint density at radius 3 is 2.65 bits per heavy atom. The monoisotopic (exact) mass is 271 g/mol. The number of rotatable bonds is 4. The fourth-order valence-corrected chi connectivity index (χ4v) is 1.93. The van der Waals surface area contributed by atoms with Crippen LogP contribution in [-0.4, -0.2) is 16.1 Å². The van der Waals surface area contributed by atoms with Crippen LogP contribution in [0, 0.1) is 6.92 Å². The second-order valence-corrected chi connectivity index (χ2v) is 4.98. The number of hydrogen-bond donors (Lipinski definition) is 1. The number of ether oxygens (including phenoxy) is 1. The van der Waals surface area contributed by atoms with E-state index in [1.807, 2.05) is 25.1 Å². The minimum absolute atomic E-state index is 0.0266. The van der Waals surface area contributed by atoms with Gasteiger partial charge in [0.25, 0.3) is 0 Å². The van der Waals surface area contributed by atoms with Crippen molar-refractivity contribution in [1.82, 2.24) is 4.98 Å². The first-order chi connectivity index (χ1) is 9.47. The summed E-state index contributed by atoms with van der Waals surface area (Å²) >= 11 is 0. The Balaban J connectivity index is 2.36. The first-order valence-corrected chi connectivity index (χ1v) is 6.45. The van der Waals surface area contributed by atoms with Crippen LogP contribution in [0.4, 0.5) is 0 Å². The highest BCUT2D eigenvalue weighted by Gasteiger charge is 2.11. The zero-order valence-electron chi connectivity index (χ0n) is 11.8. The molecule has 0 unspecified atom stereocenters. The highest BCUT2D eigenvalue weighted by Crippen LogP contribution is 2.31. The quantitative estimate of drug-likeness (QED) is 0.912. The smallest absolute Gasteiger partial charge is 0.354 e. The summed E-state index contributed by atoms with van der Waals surface area (Å²) in [5, 5.41) is 8.94. The van der Waals surface area contributed by atoms with Gasteiger partial charge in [-0.3, -0.25) is 0 Å². The van der Waals surface area contributed by atoms with E-state index in [4.69, 9.17) is 9.84 Å². The number of carboxylic acids is 1. The van der Waals surface area contributed by atoms with E-state index in [0.717, 1.165) is 16.9 Å². The van der Waals surface area contributed by atoms with E-state index in [0.29, 0.717) is 11.7 Å². The topological polar surface area (TPSA) is 59.4 Å². The number of aromatic nitrogens is 1. The fraction of sp³-hybridized carbons (Fsp3) is 0.250. The zero-order valence-corrected chi connectivity index (χ0v) is 11.8. The molecule has 2 rings (SSSR count). The molecule has 2 aromatic rings. The Morgan fingerprint density at radius 2 is 2.00 bits per heavy atom. The lowest BCUT2D eigenvalue weighted by Crippen LogP contribution is -2.00. The Hall–Kier alpha value is -2.36. The summed E-state index contributed by atoms with van der Waals surface area (Å²) in [4.78, 5) is 14.7. The third kappa shape index (κ3) is 3.15. The maximum absolute atomic E-state index is 10.9. The minimum atomic E-state index is -1.07. The molecule has 0 atom stereocenters. The van der Waals surface area contributed by atoms with Gasteiger partial charge in [-0.05, 0) is 36.1 Å². The van der Waals surface area contributed by atoms with E-state index in [-0.39, 0.29) is 5.69 Å². The molecule has 4 nitrogen and oxygen atoms in total. The van der Waals surface area contributed by atoms with E-state index in [2.05, 4.69) is 18.8 Å². The van der Waals surface area contributed by atoms with Crippen LogP contribution in [0.15, 0.2) is 36.5 Å². The molecule has 0 saturated carbocycles. The second-order valence-electron chi connectivity index (χ2n) is 4.98. The number of aromatic carboxylic acids is 1. The molecular weight excluding hydrogens is 254 g/mol. The number of nitrogens with zero attached hydrogens (tertiary/aromatic N) is 1. The summed E-state index contributed by atoms with van der Waals surface area (Å²) in [6.45, 7) is 6.17. The normalized spacial score (nSPS) is 10.6. The average molecular weight is 271 g/mol. The van der Waals surface area contributed by atoms with Crippen molar-refractivity contribution in [3.63, 3.8) is 0 Å².